The maximum absolute atomic E-state index is 12.0. The van der Waals surface area contributed by atoms with Gasteiger partial charge >= 0.3 is 6.18 Å². The summed E-state index contributed by atoms with van der Waals surface area (Å²) in [6, 6.07) is 0. The van der Waals surface area contributed by atoms with Crippen molar-refractivity contribution in [3.63, 3.8) is 0 Å². The normalized spacial score (nSPS) is 25.8. The van der Waals surface area contributed by atoms with Crippen LogP contribution in [0.1, 0.15) is 26.2 Å². The molecule has 1 rings (SSSR count). The van der Waals surface area contributed by atoms with Crippen molar-refractivity contribution < 1.29 is 18.0 Å². The molecule has 16 heavy (non-hydrogen) atoms. The molecule has 0 aliphatic carbocycles. The molecule has 0 bridgehead atoms. The number of hydrogen-bond donors (Lipinski definition) is 2. The summed E-state index contributed by atoms with van der Waals surface area (Å²) in [7, 11) is 0. The molecular weight excluding hydrogens is 221 g/mol. The summed E-state index contributed by atoms with van der Waals surface area (Å²) >= 11 is 0. The predicted molar refractivity (Wildman–Crippen MR) is 53.9 cm³/mol. The van der Waals surface area contributed by atoms with Gasteiger partial charge in [0.05, 0.1) is 5.41 Å². The van der Waals surface area contributed by atoms with E-state index in [1.807, 2.05) is 12.2 Å². The zero-order valence-corrected chi connectivity index (χ0v) is 9.28. The molecule has 0 saturated carbocycles. The van der Waals surface area contributed by atoms with Gasteiger partial charge < -0.3 is 10.6 Å². The Hall–Kier alpha value is -0.780. The monoisotopic (exact) mass is 238 g/mol. The van der Waals surface area contributed by atoms with Crippen molar-refractivity contribution in [3.8, 4) is 0 Å². The highest BCUT2D eigenvalue weighted by Gasteiger charge is 2.41. The van der Waals surface area contributed by atoms with Crippen LogP contribution in [-0.2, 0) is 4.79 Å². The van der Waals surface area contributed by atoms with Gasteiger partial charge in [0, 0.05) is 6.54 Å². The van der Waals surface area contributed by atoms with Crippen LogP contribution in [0.2, 0.25) is 0 Å². The summed E-state index contributed by atoms with van der Waals surface area (Å²) in [6.45, 7) is 1.86. The number of carbonyl (C=O) groups excluding carboxylic acids is 1. The predicted octanol–water partition coefficient (Wildman–Crippen LogP) is 1.44. The summed E-state index contributed by atoms with van der Waals surface area (Å²) in [5, 5.41) is 5.02. The first kappa shape index (κ1) is 13.3. The Morgan fingerprint density at radius 1 is 1.50 bits per heavy atom. The highest BCUT2D eigenvalue weighted by molar-refractivity contribution is 5.83. The molecule has 1 aliphatic heterocycles. The first-order chi connectivity index (χ1) is 7.40. The molecule has 1 heterocycles. The zero-order chi connectivity index (χ0) is 12.2. The van der Waals surface area contributed by atoms with Gasteiger partial charge in [-0.25, -0.2) is 0 Å². The highest BCUT2D eigenvalue weighted by Crippen LogP contribution is 2.31. The van der Waals surface area contributed by atoms with Crippen LogP contribution >= 0.6 is 0 Å². The lowest BCUT2D eigenvalue weighted by Gasteiger charge is -2.26. The zero-order valence-electron chi connectivity index (χ0n) is 9.28. The van der Waals surface area contributed by atoms with E-state index < -0.39 is 24.0 Å². The van der Waals surface area contributed by atoms with Crippen LogP contribution in [0, 0.1) is 5.41 Å². The maximum atomic E-state index is 12.0. The van der Waals surface area contributed by atoms with Crippen LogP contribution in [0.3, 0.4) is 0 Å². The number of nitrogens with one attached hydrogen (secondary N) is 2. The maximum Gasteiger partial charge on any atom is 0.405 e. The molecule has 0 radical (unpaired) electrons. The van der Waals surface area contributed by atoms with E-state index in [-0.39, 0.29) is 0 Å². The minimum Gasteiger partial charge on any atom is -0.346 e. The molecule has 0 aromatic heterocycles. The number of alkyl halides is 3. The molecule has 6 heteroatoms. The van der Waals surface area contributed by atoms with E-state index in [0.29, 0.717) is 25.9 Å². The summed E-state index contributed by atoms with van der Waals surface area (Å²) in [4.78, 5) is 11.8. The van der Waals surface area contributed by atoms with Crippen molar-refractivity contribution in [1.29, 1.82) is 0 Å². The second-order valence-electron chi connectivity index (χ2n) is 4.25. The molecule has 1 fully saturated rings. The van der Waals surface area contributed by atoms with Gasteiger partial charge in [-0.15, -0.1) is 0 Å². The van der Waals surface area contributed by atoms with Gasteiger partial charge in [-0.2, -0.15) is 13.2 Å². The van der Waals surface area contributed by atoms with Gasteiger partial charge in [-0.1, -0.05) is 13.3 Å². The van der Waals surface area contributed by atoms with Crippen LogP contribution in [0.25, 0.3) is 0 Å². The molecule has 1 aliphatic rings. The third-order valence-corrected chi connectivity index (χ3v) is 2.90. The lowest BCUT2D eigenvalue weighted by Crippen LogP contribution is -2.45. The molecular formula is C10H17F3N2O. The Kier molecular flexibility index (Phi) is 4.18. The Bertz CT molecular complexity index is 247. The average molecular weight is 238 g/mol. The number of hydrogen-bond acceptors (Lipinski definition) is 2. The average Bonchev–Trinajstić information content (AvgIpc) is 2.63. The van der Waals surface area contributed by atoms with E-state index >= 15 is 0 Å². The van der Waals surface area contributed by atoms with Crippen LogP contribution in [0.15, 0.2) is 0 Å². The molecule has 94 valence electrons. The fourth-order valence-corrected chi connectivity index (χ4v) is 2.11. The van der Waals surface area contributed by atoms with Crippen molar-refractivity contribution in [3.05, 3.63) is 0 Å². The van der Waals surface area contributed by atoms with Crippen LogP contribution in [0.4, 0.5) is 13.2 Å². The number of rotatable bonds is 4. The molecule has 0 aromatic rings. The van der Waals surface area contributed by atoms with E-state index in [0.717, 1.165) is 6.42 Å². The van der Waals surface area contributed by atoms with E-state index in [4.69, 9.17) is 0 Å². The molecule has 1 saturated heterocycles. The summed E-state index contributed by atoms with van der Waals surface area (Å²) < 4.78 is 35.9. The first-order valence-electron chi connectivity index (χ1n) is 5.45. The third kappa shape index (κ3) is 3.37. The molecule has 3 nitrogen and oxygen atoms in total. The summed E-state index contributed by atoms with van der Waals surface area (Å²) in [6.07, 6.45) is -2.30. The van der Waals surface area contributed by atoms with Crippen LogP contribution in [-0.4, -0.2) is 31.7 Å². The smallest absolute Gasteiger partial charge is 0.346 e. The Balaban J connectivity index is 2.55. The molecule has 2 N–H and O–H groups in total. The second-order valence-corrected chi connectivity index (χ2v) is 4.25. The summed E-state index contributed by atoms with van der Waals surface area (Å²) in [5.74, 6) is -0.475. The second kappa shape index (κ2) is 5.03. The lowest BCUT2D eigenvalue weighted by atomic mass is 9.81. The fraction of sp³-hybridized carbons (Fsp3) is 0.900. The van der Waals surface area contributed by atoms with E-state index in [1.54, 1.807) is 0 Å². The largest absolute Gasteiger partial charge is 0.405 e. The van der Waals surface area contributed by atoms with Crippen molar-refractivity contribution >= 4 is 5.91 Å². The fourth-order valence-electron chi connectivity index (χ4n) is 2.11. The third-order valence-electron chi connectivity index (χ3n) is 2.90. The minimum atomic E-state index is -4.34. The van der Waals surface area contributed by atoms with E-state index in [9.17, 15) is 18.0 Å². The lowest BCUT2D eigenvalue weighted by molar-refractivity contribution is -0.144. The first-order valence-corrected chi connectivity index (χ1v) is 5.45. The van der Waals surface area contributed by atoms with Gasteiger partial charge in [0.1, 0.15) is 6.54 Å². The topological polar surface area (TPSA) is 41.1 Å². The molecule has 0 spiro atoms. The number of amides is 1. The van der Waals surface area contributed by atoms with Gasteiger partial charge in [0.25, 0.3) is 0 Å². The Morgan fingerprint density at radius 2 is 2.19 bits per heavy atom. The van der Waals surface area contributed by atoms with Crippen LogP contribution < -0.4 is 10.6 Å². The van der Waals surface area contributed by atoms with Crippen molar-refractivity contribution in [2.45, 2.75) is 32.4 Å². The number of halogens is 3. The quantitative estimate of drug-likeness (QED) is 0.778. The van der Waals surface area contributed by atoms with Gasteiger partial charge in [-0.3, -0.25) is 4.79 Å². The highest BCUT2D eigenvalue weighted by atomic mass is 19.4. The molecule has 1 amide bonds. The van der Waals surface area contributed by atoms with E-state index in [2.05, 4.69) is 5.32 Å². The van der Waals surface area contributed by atoms with Crippen molar-refractivity contribution in [2.24, 2.45) is 5.41 Å². The van der Waals surface area contributed by atoms with Crippen molar-refractivity contribution in [1.82, 2.24) is 10.6 Å². The standard InChI is InChI=1S/C10H17F3N2O/c1-2-3-9(4-5-14-6-9)8(16)15-7-10(11,12)13/h14H,2-7H2,1H3,(H,15,16). The number of carbonyl (C=O) groups is 1. The van der Waals surface area contributed by atoms with E-state index in [1.165, 1.54) is 0 Å². The summed E-state index contributed by atoms with van der Waals surface area (Å²) in [5.41, 5.74) is -0.639. The minimum absolute atomic E-state index is 0.475. The Labute approximate surface area is 92.8 Å². The molecule has 1 unspecified atom stereocenters. The SMILES string of the molecule is CCCC1(C(=O)NCC(F)(F)F)CCNC1. The van der Waals surface area contributed by atoms with Crippen molar-refractivity contribution in [2.75, 3.05) is 19.6 Å². The Morgan fingerprint density at radius 3 is 2.62 bits per heavy atom. The van der Waals surface area contributed by atoms with Gasteiger partial charge in [-0.05, 0) is 19.4 Å². The molecule has 1 atom stereocenters. The van der Waals surface area contributed by atoms with Gasteiger partial charge in [0.2, 0.25) is 5.91 Å². The molecule has 0 aromatic carbocycles. The van der Waals surface area contributed by atoms with Gasteiger partial charge in [0.15, 0.2) is 0 Å². The van der Waals surface area contributed by atoms with Crippen LogP contribution in [0.5, 0.6) is 0 Å².